The van der Waals surface area contributed by atoms with Gasteiger partial charge in [-0.05, 0) is 49.9 Å². The minimum Gasteiger partial charge on any atom is -0.481 e. The first-order valence-electron chi connectivity index (χ1n) is 6.85. The number of rotatable bonds is 6. The normalized spacial score (nSPS) is 11.8. The number of hydrogen-bond acceptors (Lipinski definition) is 2. The van der Waals surface area contributed by atoms with Gasteiger partial charge in [-0.25, -0.2) is 4.79 Å². The van der Waals surface area contributed by atoms with Crippen LogP contribution < -0.4 is 10.6 Å². The van der Waals surface area contributed by atoms with E-state index in [0.29, 0.717) is 19.4 Å². The van der Waals surface area contributed by atoms with E-state index in [9.17, 15) is 9.59 Å². The molecule has 5 nitrogen and oxygen atoms in total. The fourth-order valence-electron chi connectivity index (χ4n) is 2.00. The summed E-state index contributed by atoms with van der Waals surface area (Å²) in [6, 6.07) is 3.61. The Kier molecular flexibility index (Phi) is 6.68. The molecule has 1 atom stereocenters. The molecule has 0 saturated carbocycles. The lowest BCUT2D eigenvalue weighted by atomic mass is 10.1. The van der Waals surface area contributed by atoms with Gasteiger partial charge in [-0.1, -0.05) is 22.9 Å². The molecular weight excluding hydrogens is 336 g/mol. The Bertz CT molecular complexity index is 509. The van der Waals surface area contributed by atoms with Crippen LogP contribution in [0.2, 0.25) is 0 Å². The standard InChI is InChI=1S/C15H21BrN2O3/c1-9(14(19)20)5-4-6-17-15(21)18-13-10(2)7-12(16)8-11(13)3/h7-9H,4-6H2,1-3H3,(H,19,20)(H2,17,18,21). The zero-order valence-corrected chi connectivity index (χ0v) is 14.1. The molecule has 0 aliphatic heterocycles. The Hall–Kier alpha value is -1.56. The molecular formula is C15H21BrN2O3. The molecule has 0 saturated heterocycles. The van der Waals surface area contributed by atoms with Crippen LogP contribution in [-0.4, -0.2) is 23.7 Å². The third-order valence-corrected chi connectivity index (χ3v) is 3.71. The average molecular weight is 357 g/mol. The number of amides is 2. The zero-order valence-electron chi connectivity index (χ0n) is 12.5. The largest absolute Gasteiger partial charge is 0.481 e. The molecule has 0 aromatic heterocycles. The molecule has 0 aliphatic rings. The first-order chi connectivity index (χ1) is 9.81. The molecule has 3 N–H and O–H groups in total. The van der Waals surface area contributed by atoms with Gasteiger partial charge in [-0.15, -0.1) is 0 Å². The van der Waals surface area contributed by atoms with Crippen LogP contribution in [0.3, 0.4) is 0 Å². The summed E-state index contributed by atoms with van der Waals surface area (Å²) in [6.07, 6.45) is 1.19. The summed E-state index contributed by atoms with van der Waals surface area (Å²) in [5.41, 5.74) is 2.77. The number of anilines is 1. The van der Waals surface area contributed by atoms with Gasteiger partial charge >= 0.3 is 12.0 Å². The second-order valence-corrected chi connectivity index (χ2v) is 6.09. The van der Waals surface area contributed by atoms with E-state index in [4.69, 9.17) is 5.11 Å². The lowest BCUT2D eigenvalue weighted by molar-refractivity contribution is -0.141. The summed E-state index contributed by atoms with van der Waals surface area (Å²) < 4.78 is 0.978. The molecule has 2 amide bonds. The van der Waals surface area contributed by atoms with E-state index in [1.54, 1.807) is 6.92 Å². The predicted octanol–water partition coefficient (Wildman–Crippen LogP) is 3.69. The van der Waals surface area contributed by atoms with Crippen molar-refractivity contribution in [1.29, 1.82) is 0 Å². The number of carbonyl (C=O) groups excluding carboxylic acids is 1. The fraction of sp³-hybridized carbons (Fsp3) is 0.467. The second-order valence-electron chi connectivity index (χ2n) is 5.18. The molecule has 0 radical (unpaired) electrons. The first kappa shape index (κ1) is 17.5. The lowest BCUT2D eigenvalue weighted by Gasteiger charge is -2.13. The molecule has 21 heavy (non-hydrogen) atoms. The summed E-state index contributed by atoms with van der Waals surface area (Å²) >= 11 is 3.41. The lowest BCUT2D eigenvalue weighted by Crippen LogP contribution is -2.30. The van der Waals surface area contributed by atoms with E-state index in [1.807, 2.05) is 26.0 Å². The SMILES string of the molecule is Cc1cc(Br)cc(C)c1NC(=O)NCCCC(C)C(=O)O. The van der Waals surface area contributed by atoms with Gasteiger partial charge in [0.2, 0.25) is 0 Å². The Balaban J connectivity index is 2.43. The van der Waals surface area contributed by atoms with Gasteiger partial charge in [-0.3, -0.25) is 4.79 Å². The molecule has 1 aromatic rings. The van der Waals surface area contributed by atoms with Crippen molar-refractivity contribution in [2.75, 3.05) is 11.9 Å². The second kappa shape index (κ2) is 8.02. The quantitative estimate of drug-likeness (QED) is 0.680. The summed E-state index contributed by atoms with van der Waals surface area (Å²) in [4.78, 5) is 22.5. The van der Waals surface area contributed by atoms with Crippen LogP contribution in [0.4, 0.5) is 10.5 Å². The molecule has 0 heterocycles. The third-order valence-electron chi connectivity index (χ3n) is 3.26. The maximum Gasteiger partial charge on any atom is 0.319 e. The van der Waals surface area contributed by atoms with Crippen molar-refractivity contribution >= 4 is 33.6 Å². The van der Waals surface area contributed by atoms with Crippen LogP contribution in [0, 0.1) is 19.8 Å². The molecule has 0 bridgehead atoms. The minimum absolute atomic E-state index is 0.272. The highest BCUT2D eigenvalue weighted by Gasteiger charge is 2.11. The number of carboxylic acid groups (broad SMARTS) is 1. The number of aliphatic carboxylic acids is 1. The maximum absolute atomic E-state index is 11.8. The van der Waals surface area contributed by atoms with Crippen molar-refractivity contribution in [3.8, 4) is 0 Å². The van der Waals surface area contributed by atoms with E-state index in [2.05, 4.69) is 26.6 Å². The van der Waals surface area contributed by atoms with E-state index < -0.39 is 5.97 Å². The van der Waals surface area contributed by atoms with Crippen LogP contribution in [-0.2, 0) is 4.79 Å². The van der Waals surface area contributed by atoms with Crippen molar-refractivity contribution in [2.24, 2.45) is 5.92 Å². The predicted molar refractivity (Wildman–Crippen MR) is 86.7 cm³/mol. The number of benzene rings is 1. The number of aryl methyl sites for hydroxylation is 2. The highest BCUT2D eigenvalue weighted by Crippen LogP contribution is 2.24. The van der Waals surface area contributed by atoms with Crippen LogP contribution in [0.1, 0.15) is 30.9 Å². The molecule has 0 spiro atoms. The van der Waals surface area contributed by atoms with Gasteiger partial charge in [0.25, 0.3) is 0 Å². The van der Waals surface area contributed by atoms with Crippen molar-refractivity contribution in [2.45, 2.75) is 33.6 Å². The van der Waals surface area contributed by atoms with Crippen LogP contribution in [0.15, 0.2) is 16.6 Å². The summed E-state index contributed by atoms with van der Waals surface area (Å²) in [5.74, 6) is -1.19. The van der Waals surface area contributed by atoms with Gasteiger partial charge in [0.15, 0.2) is 0 Å². The number of carbonyl (C=O) groups is 2. The van der Waals surface area contributed by atoms with E-state index in [1.165, 1.54) is 0 Å². The van der Waals surface area contributed by atoms with E-state index in [0.717, 1.165) is 21.3 Å². The monoisotopic (exact) mass is 356 g/mol. The van der Waals surface area contributed by atoms with E-state index in [-0.39, 0.29) is 11.9 Å². The minimum atomic E-state index is -0.805. The average Bonchev–Trinajstić information content (AvgIpc) is 2.38. The molecule has 1 aromatic carbocycles. The van der Waals surface area contributed by atoms with E-state index >= 15 is 0 Å². The molecule has 0 fully saturated rings. The van der Waals surface area contributed by atoms with Crippen molar-refractivity contribution < 1.29 is 14.7 Å². The Morgan fingerprint density at radius 1 is 1.29 bits per heavy atom. The van der Waals surface area contributed by atoms with Gasteiger partial charge in [0, 0.05) is 16.7 Å². The summed E-state index contributed by atoms with van der Waals surface area (Å²) in [5, 5.41) is 14.3. The van der Waals surface area contributed by atoms with Gasteiger partial charge < -0.3 is 15.7 Å². The van der Waals surface area contributed by atoms with Gasteiger partial charge in [-0.2, -0.15) is 0 Å². The van der Waals surface area contributed by atoms with Crippen molar-refractivity contribution in [3.63, 3.8) is 0 Å². The summed E-state index contributed by atoms with van der Waals surface area (Å²) in [6.45, 7) is 5.98. The highest BCUT2D eigenvalue weighted by atomic mass is 79.9. The molecule has 0 aliphatic carbocycles. The molecule has 116 valence electrons. The highest BCUT2D eigenvalue weighted by molar-refractivity contribution is 9.10. The number of halogens is 1. The van der Waals surface area contributed by atoms with Crippen molar-refractivity contribution in [3.05, 3.63) is 27.7 Å². The third kappa shape index (κ3) is 5.75. The smallest absolute Gasteiger partial charge is 0.319 e. The molecule has 1 unspecified atom stereocenters. The number of hydrogen-bond donors (Lipinski definition) is 3. The Labute approximate surface area is 133 Å². The maximum atomic E-state index is 11.8. The first-order valence-corrected chi connectivity index (χ1v) is 7.65. The summed E-state index contributed by atoms with van der Waals surface area (Å²) in [7, 11) is 0. The van der Waals surface area contributed by atoms with Crippen molar-refractivity contribution in [1.82, 2.24) is 5.32 Å². The van der Waals surface area contributed by atoms with Crippen LogP contribution in [0.5, 0.6) is 0 Å². The number of nitrogens with one attached hydrogen (secondary N) is 2. The fourth-order valence-corrected chi connectivity index (χ4v) is 2.69. The topological polar surface area (TPSA) is 78.4 Å². The Morgan fingerprint density at radius 3 is 2.38 bits per heavy atom. The van der Waals surface area contributed by atoms with Crippen LogP contribution >= 0.6 is 15.9 Å². The number of urea groups is 1. The van der Waals surface area contributed by atoms with Crippen LogP contribution in [0.25, 0.3) is 0 Å². The Morgan fingerprint density at radius 2 is 1.86 bits per heavy atom. The number of carboxylic acids is 1. The molecule has 6 heteroatoms. The molecule has 1 rings (SSSR count). The van der Waals surface area contributed by atoms with Gasteiger partial charge in [0.1, 0.15) is 0 Å². The zero-order chi connectivity index (χ0) is 16.0. The van der Waals surface area contributed by atoms with Gasteiger partial charge in [0.05, 0.1) is 5.92 Å².